The monoisotopic (exact) mass is 263 g/mol. The highest BCUT2D eigenvalue weighted by atomic mass is 15.3. The van der Waals surface area contributed by atoms with E-state index in [1.54, 1.807) is 0 Å². The third kappa shape index (κ3) is 2.97. The molecule has 1 aliphatic rings. The van der Waals surface area contributed by atoms with Gasteiger partial charge in [0, 0.05) is 37.4 Å². The van der Waals surface area contributed by atoms with Crippen LogP contribution in [0.25, 0.3) is 0 Å². The summed E-state index contributed by atoms with van der Waals surface area (Å²) in [6, 6.07) is 0.594. The second kappa shape index (κ2) is 5.74. The minimum absolute atomic E-state index is 0.594. The lowest BCUT2D eigenvalue weighted by Crippen LogP contribution is -2.34. The summed E-state index contributed by atoms with van der Waals surface area (Å²) in [6.07, 6.45) is 1.91. The molecule has 0 spiro atoms. The Bertz CT molecular complexity index is 432. The summed E-state index contributed by atoms with van der Waals surface area (Å²) < 4.78 is 0. The standard InChI is InChI=1S/C14H25N5/c1-6-15-14-16-7-10(2)13(17-14)19-8-11(3)12(9-19)18(4)5/h7,11-12H,6,8-9H2,1-5H3,(H,15,16,17). The maximum Gasteiger partial charge on any atom is 0.224 e. The van der Waals surface area contributed by atoms with Gasteiger partial charge in [-0.2, -0.15) is 4.98 Å². The quantitative estimate of drug-likeness (QED) is 0.894. The van der Waals surface area contributed by atoms with E-state index < -0.39 is 0 Å². The molecule has 5 heteroatoms. The van der Waals surface area contributed by atoms with E-state index in [0.717, 1.165) is 37.0 Å². The van der Waals surface area contributed by atoms with Crippen molar-refractivity contribution in [3.63, 3.8) is 0 Å². The highest BCUT2D eigenvalue weighted by Gasteiger charge is 2.32. The van der Waals surface area contributed by atoms with Gasteiger partial charge in [0.1, 0.15) is 5.82 Å². The van der Waals surface area contributed by atoms with Crippen LogP contribution in [-0.4, -0.2) is 54.6 Å². The number of aryl methyl sites for hydroxylation is 1. The topological polar surface area (TPSA) is 44.3 Å². The molecule has 2 atom stereocenters. The summed E-state index contributed by atoms with van der Waals surface area (Å²) in [7, 11) is 4.31. The molecule has 0 amide bonds. The average molecular weight is 263 g/mol. The molecule has 2 unspecified atom stereocenters. The minimum Gasteiger partial charge on any atom is -0.354 e. The summed E-state index contributed by atoms with van der Waals surface area (Å²) >= 11 is 0. The first-order valence-electron chi connectivity index (χ1n) is 7.01. The zero-order valence-electron chi connectivity index (χ0n) is 12.6. The van der Waals surface area contributed by atoms with E-state index in [1.807, 2.05) is 6.20 Å². The van der Waals surface area contributed by atoms with Gasteiger partial charge in [0.2, 0.25) is 5.95 Å². The molecule has 0 saturated carbocycles. The van der Waals surface area contributed by atoms with Crippen LogP contribution in [0.5, 0.6) is 0 Å². The molecule has 1 aromatic rings. The molecule has 1 N–H and O–H groups in total. The van der Waals surface area contributed by atoms with Crippen LogP contribution in [0.15, 0.2) is 6.20 Å². The van der Waals surface area contributed by atoms with E-state index in [0.29, 0.717) is 12.0 Å². The van der Waals surface area contributed by atoms with Crippen LogP contribution in [0.4, 0.5) is 11.8 Å². The predicted octanol–water partition coefficient (Wildman–Crippen LogP) is 1.60. The van der Waals surface area contributed by atoms with Crippen molar-refractivity contribution in [2.24, 2.45) is 5.92 Å². The SMILES string of the molecule is CCNc1ncc(C)c(N2CC(C)C(N(C)C)C2)n1. The van der Waals surface area contributed by atoms with Gasteiger partial charge < -0.3 is 15.1 Å². The molecule has 5 nitrogen and oxygen atoms in total. The maximum absolute atomic E-state index is 4.66. The van der Waals surface area contributed by atoms with Crippen LogP contribution in [-0.2, 0) is 0 Å². The lowest BCUT2D eigenvalue weighted by Gasteiger charge is -2.23. The lowest BCUT2D eigenvalue weighted by atomic mass is 10.1. The molecular weight excluding hydrogens is 238 g/mol. The Labute approximate surface area is 116 Å². The third-order valence-electron chi connectivity index (χ3n) is 3.82. The van der Waals surface area contributed by atoms with Crippen molar-refractivity contribution >= 4 is 11.8 Å². The van der Waals surface area contributed by atoms with Crippen LogP contribution in [0.3, 0.4) is 0 Å². The molecule has 2 heterocycles. The minimum atomic E-state index is 0.594. The third-order valence-corrected chi connectivity index (χ3v) is 3.82. The van der Waals surface area contributed by atoms with Crippen LogP contribution < -0.4 is 10.2 Å². The molecule has 106 valence electrons. The molecule has 0 aromatic carbocycles. The Morgan fingerprint density at radius 1 is 1.42 bits per heavy atom. The van der Waals surface area contributed by atoms with Crippen LogP contribution >= 0.6 is 0 Å². The van der Waals surface area contributed by atoms with Gasteiger partial charge in [0.05, 0.1) is 0 Å². The van der Waals surface area contributed by atoms with Gasteiger partial charge in [-0.25, -0.2) is 4.98 Å². The number of nitrogens with zero attached hydrogens (tertiary/aromatic N) is 4. The van der Waals surface area contributed by atoms with Crippen molar-refractivity contribution < 1.29 is 0 Å². The van der Waals surface area contributed by atoms with Crippen molar-refractivity contribution in [3.8, 4) is 0 Å². The van der Waals surface area contributed by atoms with Crippen molar-refractivity contribution in [1.29, 1.82) is 0 Å². The van der Waals surface area contributed by atoms with Gasteiger partial charge in [0.15, 0.2) is 0 Å². The molecule has 0 bridgehead atoms. The summed E-state index contributed by atoms with van der Waals surface area (Å²) in [5.74, 6) is 2.46. The number of rotatable bonds is 4. The lowest BCUT2D eigenvalue weighted by molar-refractivity contribution is 0.266. The van der Waals surface area contributed by atoms with Gasteiger partial charge >= 0.3 is 0 Å². The number of nitrogens with one attached hydrogen (secondary N) is 1. The van der Waals surface area contributed by atoms with Gasteiger partial charge in [-0.3, -0.25) is 0 Å². The highest BCUT2D eigenvalue weighted by Crippen LogP contribution is 2.27. The Morgan fingerprint density at radius 3 is 2.74 bits per heavy atom. The largest absolute Gasteiger partial charge is 0.354 e. The van der Waals surface area contributed by atoms with E-state index in [1.165, 1.54) is 0 Å². The first-order chi connectivity index (χ1) is 9.02. The van der Waals surface area contributed by atoms with Crippen molar-refractivity contribution in [2.45, 2.75) is 26.8 Å². The van der Waals surface area contributed by atoms with Crippen molar-refractivity contribution in [2.75, 3.05) is 43.9 Å². The van der Waals surface area contributed by atoms with E-state index in [9.17, 15) is 0 Å². The number of likely N-dealkylation sites (N-methyl/N-ethyl adjacent to an activating group) is 1. The van der Waals surface area contributed by atoms with Crippen molar-refractivity contribution in [1.82, 2.24) is 14.9 Å². The second-order valence-electron chi connectivity index (χ2n) is 5.64. The smallest absolute Gasteiger partial charge is 0.224 e. The fourth-order valence-electron chi connectivity index (χ4n) is 2.79. The fourth-order valence-corrected chi connectivity index (χ4v) is 2.79. The first-order valence-corrected chi connectivity index (χ1v) is 7.01. The van der Waals surface area contributed by atoms with Crippen LogP contribution in [0, 0.1) is 12.8 Å². The van der Waals surface area contributed by atoms with Crippen LogP contribution in [0.1, 0.15) is 19.4 Å². The normalized spacial score (nSPS) is 23.2. The first kappa shape index (κ1) is 14.1. The maximum atomic E-state index is 4.66. The molecule has 2 rings (SSSR count). The molecule has 1 aliphatic heterocycles. The van der Waals surface area contributed by atoms with Gasteiger partial charge in [-0.05, 0) is 33.9 Å². The summed E-state index contributed by atoms with van der Waals surface area (Å²) in [5.41, 5.74) is 1.15. The number of hydrogen-bond acceptors (Lipinski definition) is 5. The predicted molar refractivity (Wildman–Crippen MR) is 79.8 cm³/mol. The van der Waals surface area contributed by atoms with Gasteiger partial charge in [0.25, 0.3) is 0 Å². The number of hydrogen-bond donors (Lipinski definition) is 1. The van der Waals surface area contributed by atoms with E-state index in [-0.39, 0.29) is 0 Å². The Balaban J connectivity index is 2.20. The molecule has 1 aromatic heterocycles. The molecule has 1 saturated heterocycles. The number of anilines is 2. The summed E-state index contributed by atoms with van der Waals surface area (Å²) in [5, 5.41) is 3.18. The van der Waals surface area contributed by atoms with E-state index >= 15 is 0 Å². The molecular formula is C14H25N5. The van der Waals surface area contributed by atoms with E-state index in [4.69, 9.17) is 0 Å². The molecule has 0 radical (unpaired) electrons. The average Bonchev–Trinajstić information content (AvgIpc) is 2.74. The fraction of sp³-hybridized carbons (Fsp3) is 0.714. The van der Waals surface area contributed by atoms with Crippen LogP contribution in [0.2, 0.25) is 0 Å². The summed E-state index contributed by atoms with van der Waals surface area (Å²) in [6.45, 7) is 9.40. The summed E-state index contributed by atoms with van der Waals surface area (Å²) in [4.78, 5) is 13.7. The Morgan fingerprint density at radius 2 is 2.16 bits per heavy atom. The number of aromatic nitrogens is 2. The van der Waals surface area contributed by atoms with E-state index in [2.05, 4.69) is 60.0 Å². The van der Waals surface area contributed by atoms with Crippen molar-refractivity contribution in [3.05, 3.63) is 11.8 Å². The van der Waals surface area contributed by atoms with Gasteiger partial charge in [-0.1, -0.05) is 6.92 Å². The Hall–Kier alpha value is -1.36. The zero-order valence-corrected chi connectivity index (χ0v) is 12.6. The Kier molecular flexibility index (Phi) is 4.24. The van der Waals surface area contributed by atoms with Gasteiger partial charge in [-0.15, -0.1) is 0 Å². The zero-order chi connectivity index (χ0) is 14.0. The molecule has 1 fully saturated rings. The highest BCUT2D eigenvalue weighted by molar-refractivity contribution is 5.50. The second-order valence-corrected chi connectivity index (χ2v) is 5.64. The molecule has 19 heavy (non-hydrogen) atoms. The molecule has 0 aliphatic carbocycles.